The molecule has 0 bridgehead atoms. The van der Waals surface area contributed by atoms with Crippen LogP contribution in [0.5, 0.6) is 11.5 Å². The Morgan fingerprint density at radius 3 is 2.41 bits per heavy atom. The molecule has 1 aromatic heterocycles. The van der Waals surface area contributed by atoms with E-state index < -0.39 is 0 Å². The predicted octanol–water partition coefficient (Wildman–Crippen LogP) is 5.41. The molecule has 1 aliphatic heterocycles. The number of hydrogen-bond donors (Lipinski definition) is 0. The van der Waals surface area contributed by atoms with Crippen LogP contribution in [0.3, 0.4) is 0 Å². The Bertz CT molecular complexity index is 1300. The maximum absolute atomic E-state index is 12.0. The highest BCUT2D eigenvalue weighted by Crippen LogP contribution is 2.50. The van der Waals surface area contributed by atoms with Gasteiger partial charge in [0.25, 0.3) is 0 Å². The lowest BCUT2D eigenvalue weighted by Gasteiger charge is -2.24. The molecule has 0 N–H and O–H groups in total. The Kier molecular flexibility index (Phi) is 3.20. The lowest BCUT2D eigenvalue weighted by atomic mass is 9.89. The summed E-state index contributed by atoms with van der Waals surface area (Å²) >= 11 is 0. The number of ketones is 1. The van der Waals surface area contributed by atoms with Gasteiger partial charge >= 0.3 is 0 Å². The smallest absolute Gasteiger partial charge is 0.228 e. The van der Waals surface area contributed by atoms with Gasteiger partial charge in [0, 0.05) is 17.2 Å². The molecule has 0 atom stereocenters. The molecule has 3 heteroatoms. The van der Waals surface area contributed by atoms with Gasteiger partial charge in [-0.1, -0.05) is 24.3 Å². The average Bonchev–Trinajstić information content (AvgIpc) is 2.67. The van der Waals surface area contributed by atoms with Crippen molar-refractivity contribution in [3.8, 4) is 22.8 Å². The predicted molar refractivity (Wildman–Crippen MR) is 108 cm³/mol. The van der Waals surface area contributed by atoms with Crippen LogP contribution in [0.15, 0.2) is 48.7 Å². The first-order valence-corrected chi connectivity index (χ1v) is 9.15. The van der Waals surface area contributed by atoms with Gasteiger partial charge in [0.2, 0.25) is 5.69 Å². The summed E-state index contributed by atoms with van der Waals surface area (Å²) in [6.07, 6.45) is 2.06. The second kappa shape index (κ2) is 5.40. The highest BCUT2D eigenvalue weighted by atomic mass is 16.5. The number of carbonyl (C=O) groups is 1. The van der Waals surface area contributed by atoms with Crippen LogP contribution < -0.4 is 9.30 Å². The standard InChI is InChI=1S/C24H20NO2/c1-13-18-7-5-6-8-19(18)14(2)24-21(13)23-22-16(9-10-25(23)4)11-17(15(3)26)12-20(22)27-24/h5-12H,1-4H3/q+1. The van der Waals surface area contributed by atoms with Crippen LogP contribution in [0.25, 0.3) is 32.8 Å². The Balaban J connectivity index is 2.00. The zero-order chi connectivity index (χ0) is 18.9. The molecule has 0 saturated carbocycles. The number of benzene rings is 3. The summed E-state index contributed by atoms with van der Waals surface area (Å²) in [4.78, 5) is 12.0. The molecule has 0 amide bonds. The third kappa shape index (κ3) is 2.08. The summed E-state index contributed by atoms with van der Waals surface area (Å²) < 4.78 is 8.60. The van der Waals surface area contributed by atoms with Crippen LogP contribution in [0.1, 0.15) is 28.4 Å². The van der Waals surface area contributed by atoms with Crippen molar-refractivity contribution in [1.29, 1.82) is 0 Å². The highest BCUT2D eigenvalue weighted by molar-refractivity contribution is 6.09. The van der Waals surface area contributed by atoms with E-state index in [1.54, 1.807) is 6.92 Å². The first kappa shape index (κ1) is 16.0. The van der Waals surface area contributed by atoms with Gasteiger partial charge in [-0.25, -0.2) is 4.57 Å². The van der Waals surface area contributed by atoms with E-state index in [1.807, 2.05) is 18.2 Å². The minimum absolute atomic E-state index is 0.0451. The summed E-state index contributed by atoms with van der Waals surface area (Å²) in [5.41, 5.74) is 5.31. The molecule has 0 radical (unpaired) electrons. The monoisotopic (exact) mass is 354 g/mol. The van der Waals surface area contributed by atoms with Gasteiger partial charge in [0.05, 0.1) is 10.9 Å². The third-order valence-electron chi connectivity index (χ3n) is 5.73. The normalized spacial score (nSPS) is 12.1. The molecule has 132 valence electrons. The summed E-state index contributed by atoms with van der Waals surface area (Å²) in [5, 5.41) is 4.55. The molecule has 5 rings (SSSR count). The quantitative estimate of drug-likeness (QED) is 0.298. The molecule has 0 aliphatic carbocycles. The molecule has 0 spiro atoms. The van der Waals surface area contributed by atoms with Crippen molar-refractivity contribution in [2.75, 3.05) is 0 Å². The van der Waals surface area contributed by atoms with Gasteiger partial charge in [0.1, 0.15) is 18.5 Å². The number of pyridine rings is 1. The van der Waals surface area contributed by atoms with Gasteiger partial charge in [-0.2, -0.15) is 0 Å². The van der Waals surface area contributed by atoms with Crippen molar-refractivity contribution < 1.29 is 14.1 Å². The zero-order valence-electron chi connectivity index (χ0n) is 15.9. The van der Waals surface area contributed by atoms with Crippen LogP contribution in [-0.4, -0.2) is 5.78 Å². The number of carbonyl (C=O) groups excluding carboxylic acids is 1. The molecule has 3 aromatic carbocycles. The number of hydrogen-bond acceptors (Lipinski definition) is 2. The summed E-state index contributed by atoms with van der Waals surface area (Å²) in [6.45, 7) is 5.87. The molecule has 3 nitrogen and oxygen atoms in total. The van der Waals surface area contributed by atoms with Crippen molar-refractivity contribution in [3.05, 3.63) is 65.4 Å². The summed E-state index contributed by atoms with van der Waals surface area (Å²) in [7, 11) is 2.07. The zero-order valence-corrected chi connectivity index (χ0v) is 15.9. The molecule has 0 fully saturated rings. The minimum atomic E-state index is 0.0451. The lowest BCUT2D eigenvalue weighted by Crippen LogP contribution is -2.32. The lowest BCUT2D eigenvalue weighted by molar-refractivity contribution is -0.659. The van der Waals surface area contributed by atoms with Gasteiger partial charge in [-0.3, -0.25) is 4.79 Å². The Morgan fingerprint density at radius 2 is 1.70 bits per heavy atom. The number of aryl methyl sites for hydroxylation is 3. The van der Waals surface area contributed by atoms with Crippen LogP contribution >= 0.6 is 0 Å². The van der Waals surface area contributed by atoms with Gasteiger partial charge in [-0.05, 0) is 54.6 Å². The fraction of sp³-hybridized carbons (Fsp3) is 0.167. The second-order valence-electron chi connectivity index (χ2n) is 7.37. The topological polar surface area (TPSA) is 30.2 Å². The van der Waals surface area contributed by atoms with Crippen molar-refractivity contribution in [2.45, 2.75) is 20.8 Å². The SMILES string of the molecule is CC(=O)c1cc2c3c([n+](C)ccc3c1)-c1c(c(C)c3ccccc3c1C)O2. The third-order valence-corrected chi connectivity index (χ3v) is 5.73. The fourth-order valence-electron chi connectivity index (χ4n) is 4.32. The molecule has 1 aliphatic rings. The number of fused-ring (bicyclic) bond motifs is 3. The van der Waals surface area contributed by atoms with E-state index in [0.29, 0.717) is 5.56 Å². The number of Topliss-reactive ketones (excluding diaryl/α,β-unsaturated/α-hetero) is 1. The molecular weight excluding hydrogens is 334 g/mol. The minimum Gasteiger partial charge on any atom is -0.455 e. The molecule has 4 aromatic rings. The Labute approximate surface area is 157 Å². The van der Waals surface area contributed by atoms with Gasteiger partial charge in [-0.15, -0.1) is 0 Å². The maximum atomic E-state index is 12.0. The van der Waals surface area contributed by atoms with E-state index in [9.17, 15) is 4.79 Å². The highest BCUT2D eigenvalue weighted by Gasteiger charge is 2.32. The van der Waals surface area contributed by atoms with E-state index in [4.69, 9.17) is 4.74 Å². The van der Waals surface area contributed by atoms with Crippen molar-refractivity contribution in [3.63, 3.8) is 0 Å². The van der Waals surface area contributed by atoms with E-state index in [0.717, 1.165) is 39.1 Å². The number of nitrogens with zero attached hydrogens (tertiary/aromatic N) is 1. The molecule has 0 unspecified atom stereocenters. The second-order valence-corrected chi connectivity index (χ2v) is 7.37. The van der Waals surface area contributed by atoms with E-state index in [1.165, 1.54) is 16.3 Å². The first-order valence-electron chi connectivity index (χ1n) is 9.15. The maximum Gasteiger partial charge on any atom is 0.228 e. The number of aromatic nitrogens is 1. The Hall–Kier alpha value is -3.20. The average molecular weight is 354 g/mol. The molecule has 27 heavy (non-hydrogen) atoms. The van der Waals surface area contributed by atoms with Crippen molar-refractivity contribution in [2.24, 2.45) is 7.05 Å². The summed E-state index contributed by atoms with van der Waals surface area (Å²) in [6, 6.07) is 14.3. The van der Waals surface area contributed by atoms with Crippen molar-refractivity contribution in [1.82, 2.24) is 0 Å². The van der Waals surface area contributed by atoms with Crippen LogP contribution in [0.2, 0.25) is 0 Å². The van der Waals surface area contributed by atoms with E-state index >= 15 is 0 Å². The Morgan fingerprint density at radius 1 is 1.00 bits per heavy atom. The number of rotatable bonds is 1. The van der Waals surface area contributed by atoms with Gasteiger partial charge in [0.15, 0.2) is 12.0 Å². The number of ether oxygens (including phenoxy) is 1. The van der Waals surface area contributed by atoms with E-state index in [2.05, 4.69) is 55.9 Å². The first-order chi connectivity index (χ1) is 13.0. The molecule has 2 heterocycles. The van der Waals surface area contributed by atoms with Crippen molar-refractivity contribution >= 4 is 27.3 Å². The van der Waals surface area contributed by atoms with E-state index in [-0.39, 0.29) is 5.78 Å². The van der Waals surface area contributed by atoms with Crippen LogP contribution in [0, 0.1) is 13.8 Å². The fourth-order valence-corrected chi connectivity index (χ4v) is 4.32. The van der Waals surface area contributed by atoms with Crippen LogP contribution in [-0.2, 0) is 7.05 Å². The molecule has 0 saturated heterocycles. The largest absolute Gasteiger partial charge is 0.455 e. The summed E-state index contributed by atoms with van der Waals surface area (Å²) in [5.74, 6) is 1.69. The van der Waals surface area contributed by atoms with Crippen LogP contribution in [0.4, 0.5) is 0 Å². The van der Waals surface area contributed by atoms with Gasteiger partial charge < -0.3 is 4.74 Å². The molecular formula is C24H20NO2+.